The summed E-state index contributed by atoms with van der Waals surface area (Å²) in [6, 6.07) is 0. The molecule has 8 nitrogen and oxygen atoms in total. The van der Waals surface area contributed by atoms with Crippen LogP contribution in [0.15, 0.2) is 12.2 Å². The number of hydrogen-bond acceptors (Lipinski definition) is 6. The van der Waals surface area contributed by atoms with Crippen LogP contribution in [-0.2, 0) is 28.2 Å². The van der Waals surface area contributed by atoms with Crippen molar-refractivity contribution < 1.29 is 37.9 Å². The van der Waals surface area contributed by atoms with E-state index in [4.69, 9.17) is 19.3 Å². The molecule has 0 saturated carbocycles. The summed E-state index contributed by atoms with van der Waals surface area (Å²) in [5, 5.41) is 0. The molecule has 2 N–H and O–H groups in total. The lowest BCUT2D eigenvalue weighted by Gasteiger charge is -2.18. The van der Waals surface area contributed by atoms with Crippen LogP contribution in [0.3, 0.4) is 0 Å². The van der Waals surface area contributed by atoms with Gasteiger partial charge in [-0.2, -0.15) is 0 Å². The Labute approximate surface area is 333 Å². The molecule has 0 rings (SSSR count). The van der Waals surface area contributed by atoms with Gasteiger partial charge in [-0.1, -0.05) is 206 Å². The van der Waals surface area contributed by atoms with Gasteiger partial charge in [-0.3, -0.25) is 14.1 Å². The maximum absolute atomic E-state index is 12.4. The van der Waals surface area contributed by atoms with Gasteiger partial charge < -0.3 is 19.3 Å². The molecule has 0 aliphatic rings. The summed E-state index contributed by atoms with van der Waals surface area (Å²) in [5.74, 6) is -0.875. The first-order valence-electron chi connectivity index (χ1n) is 23.0. The predicted octanol–water partition coefficient (Wildman–Crippen LogP) is 14.2. The van der Waals surface area contributed by atoms with E-state index < -0.39 is 32.5 Å². The van der Waals surface area contributed by atoms with Crippen LogP contribution in [0.5, 0.6) is 0 Å². The van der Waals surface area contributed by atoms with E-state index in [0.717, 1.165) is 44.9 Å². The molecule has 0 aromatic heterocycles. The fourth-order valence-corrected chi connectivity index (χ4v) is 7.20. The quantitative estimate of drug-likeness (QED) is 0.0271. The van der Waals surface area contributed by atoms with Crippen LogP contribution in [-0.4, -0.2) is 41.0 Å². The molecule has 1 atom stereocenters. The normalized spacial score (nSPS) is 12.4. The van der Waals surface area contributed by atoms with E-state index in [1.54, 1.807) is 0 Å². The Morgan fingerprint density at radius 3 is 1.13 bits per heavy atom. The Balaban J connectivity index is 3.83. The summed E-state index contributed by atoms with van der Waals surface area (Å²) in [4.78, 5) is 42.9. The van der Waals surface area contributed by atoms with Crippen molar-refractivity contribution in [3.8, 4) is 0 Å². The second-order valence-corrected chi connectivity index (χ2v) is 17.0. The van der Waals surface area contributed by atoms with Gasteiger partial charge in [-0.05, 0) is 38.5 Å². The molecule has 0 aliphatic carbocycles. The SMILES string of the molecule is CCCCCCCC/C=C\CCCCCCCCCC(=O)OC(COC(=O)CCCCCCCCCCCCCCCCCCCCC)COP(=O)(O)O. The molecule has 1 unspecified atom stereocenters. The van der Waals surface area contributed by atoms with Gasteiger partial charge in [0, 0.05) is 12.8 Å². The monoisotopic (exact) mass is 787 g/mol. The fraction of sp³-hybridized carbons (Fsp3) is 0.911. The number of esters is 2. The lowest BCUT2D eigenvalue weighted by atomic mass is 10.0. The molecule has 9 heteroatoms. The van der Waals surface area contributed by atoms with E-state index in [2.05, 4.69) is 30.5 Å². The van der Waals surface area contributed by atoms with Crippen molar-refractivity contribution in [3.05, 3.63) is 12.2 Å². The number of carbonyl (C=O) groups is 2. The van der Waals surface area contributed by atoms with E-state index in [0.29, 0.717) is 6.42 Å². The minimum Gasteiger partial charge on any atom is -0.462 e. The molecule has 0 bridgehead atoms. The maximum atomic E-state index is 12.4. The number of unbranched alkanes of at least 4 members (excludes halogenated alkanes) is 31. The van der Waals surface area contributed by atoms with Crippen molar-refractivity contribution in [2.45, 2.75) is 251 Å². The third-order valence-corrected chi connectivity index (χ3v) is 10.8. The molecule has 0 amide bonds. The van der Waals surface area contributed by atoms with Crippen LogP contribution < -0.4 is 0 Å². The molecule has 0 spiro atoms. The van der Waals surface area contributed by atoms with Gasteiger partial charge in [-0.25, -0.2) is 4.57 Å². The largest absolute Gasteiger partial charge is 0.469 e. The molecule has 0 aliphatic heterocycles. The summed E-state index contributed by atoms with van der Waals surface area (Å²) < 4.78 is 26.5. The van der Waals surface area contributed by atoms with Gasteiger partial charge in [-0.15, -0.1) is 0 Å². The molecule has 320 valence electrons. The van der Waals surface area contributed by atoms with Crippen LogP contribution in [0.25, 0.3) is 0 Å². The molecule has 0 heterocycles. The van der Waals surface area contributed by atoms with Crippen molar-refractivity contribution in [3.63, 3.8) is 0 Å². The summed E-state index contributed by atoms with van der Waals surface area (Å²) >= 11 is 0. The van der Waals surface area contributed by atoms with E-state index in [1.165, 1.54) is 167 Å². The number of hydrogen-bond donors (Lipinski definition) is 2. The smallest absolute Gasteiger partial charge is 0.462 e. The Kier molecular flexibility index (Phi) is 40.5. The number of phosphoric acid groups is 1. The van der Waals surface area contributed by atoms with Crippen LogP contribution in [0.2, 0.25) is 0 Å². The number of phosphoric ester groups is 1. The number of allylic oxidation sites excluding steroid dienone is 2. The first-order valence-corrected chi connectivity index (χ1v) is 24.5. The van der Waals surface area contributed by atoms with E-state index in [1.807, 2.05) is 0 Å². The number of carbonyl (C=O) groups excluding carboxylic acids is 2. The van der Waals surface area contributed by atoms with Gasteiger partial charge in [0.1, 0.15) is 6.61 Å². The van der Waals surface area contributed by atoms with Crippen molar-refractivity contribution in [1.29, 1.82) is 0 Å². The van der Waals surface area contributed by atoms with Gasteiger partial charge in [0.2, 0.25) is 0 Å². The lowest BCUT2D eigenvalue weighted by Crippen LogP contribution is -2.29. The van der Waals surface area contributed by atoms with Crippen molar-refractivity contribution in [2.75, 3.05) is 13.2 Å². The fourth-order valence-electron chi connectivity index (χ4n) is 6.84. The highest BCUT2D eigenvalue weighted by Gasteiger charge is 2.23. The molecule has 0 aromatic carbocycles. The molecule has 0 aromatic rings. The van der Waals surface area contributed by atoms with E-state index >= 15 is 0 Å². The lowest BCUT2D eigenvalue weighted by molar-refractivity contribution is -0.161. The zero-order valence-electron chi connectivity index (χ0n) is 35.4. The first-order chi connectivity index (χ1) is 26.3. The number of rotatable bonds is 43. The molecule has 54 heavy (non-hydrogen) atoms. The highest BCUT2D eigenvalue weighted by Crippen LogP contribution is 2.36. The average Bonchev–Trinajstić information content (AvgIpc) is 3.14. The highest BCUT2D eigenvalue weighted by atomic mass is 31.2. The highest BCUT2D eigenvalue weighted by molar-refractivity contribution is 7.46. The minimum absolute atomic E-state index is 0.211. The maximum Gasteiger partial charge on any atom is 0.469 e. The second-order valence-electron chi connectivity index (χ2n) is 15.7. The minimum atomic E-state index is -4.75. The predicted molar refractivity (Wildman–Crippen MR) is 226 cm³/mol. The Morgan fingerprint density at radius 2 is 0.778 bits per heavy atom. The molecule has 0 radical (unpaired) electrons. The summed E-state index contributed by atoms with van der Waals surface area (Å²) in [6.45, 7) is 3.72. The van der Waals surface area contributed by atoms with Crippen LogP contribution in [0.4, 0.5) is 0 Å². The van der Waals surface area contributed by atoms with E-state index in [9.17, 15) is 14.2 Å². The third kappa shape index (κ3) is 43.5. The zero-order chi connectivity index (χ0) is 39.6. The van der Waals surface area contributed by atoms with Crippen molar-refractivity contribution >= 4 is 19.8 Å². The Morgan fingerprint density at radius 1 is 0.463 bits per heavy atom. The topological polar surface area (TPSA) is 119 Å². The van der Waals surface area contributed by atoms with Crippen molar-refractivity contribution in [2.24, 2.45) is 0 Å². The molecular formula is C45H87O8P. The van der Waals surface area contributed by atoms with Crippen LogP contribution >= 0.6 is 7.82 Å². The van der Waals surface area contributed by atoms with Gasteiger partial charge >= 0.3 is 19.8 Å². The third-order valence-electron chi connectivity index (χ3n) is 10.3. The van der Waals surface area contributed by atoms with Crippen molar-refractivity contribution in [1.82, 2.24) is 0 Å². The van der Waals surface area contributed by atoms with Crippen LogP contribution in [0, 0.1) is 0 Å². The standard InChI is InChI=1S/C45H87O8P/c1-3-5-7-9-11-13-15-17-19-21-22-24-25-27-29-31-33-35-37-39-44(46)51-41-43(42-52-54(48,49)50)53-45(47)40-38-36-34-32-30-28-26-23-20-18-16-14-12-10-8-6-4-2/h18,20,43H,3-17,19,21-42H2,1-2H3,(H2,48,49,50)/b20-18-. The molecule has 0 saturated heterocycles. The Hall–Kier alpha value is -1.21. The van der Waals surface area contributed by atoms with E-state index in [-0.39, 0.29) is 19.4 Å². The van der Waals surface area contributed by atoms with Gasteiger partial charge in [0.05, 0.1) is 6.61 Å². The number of ether oxygens (including phenoxy) is 2. The van der Waals surface area contributed by atoms with Gasteiger partial charge in [0.15, 0.2) is 6.10 Å². The molecule has 0 fully saturated rings. The van der Waals surface area contributed by atoms with Crippen LogP contribution in [0.1, 0.15) is 245 Å². The summed E-state index contributed by atoms with van der Waals surface area (Å²) in [7, 11) is -4.75. The van der Waals surface area contributed by atoms with Gasteiger partial charge in [0.25, 0.3) is 0 Å². The Bertz CT molecular complexity index is 889. The summed E-state index contributed by atoms with van der Waals surface area (Å²) in [6.07, 6.45) is 46.5. The average molecular weight is 787 g/mol. The summed E-state index contributed by atoms with van der Waals surface area (Å²) in [5.41, 5.74) is 0. The zero-order valence-corrected chi connectivity index (χ0v) is 36.3. The molecular weight excluding hydrogens is 699 g/mol. The second kappa shape index (κ2) is 41.4. The first kappa shape index (κ1) is 52.8.